The van der Waals surface area contributed by atoms with E-state index in [4.69, 9.17) is 15.5 Å². The van der Waals surface area contributed by atoms with Crippen molar-refractivity contribution in [1.29, 1.82) is 0 Å². The summed E-state index contributed by atoms with van der Waals surface area (Å²) in [5.41, 5.74) is 10.2. The fraction of sp³-hybridized carbons (Fsp3) is 0.192. The molecule has 5 rings (SSSR count). The Morgan fingerprint density at radius 3 is 2.62 bits per heavy atom. The Bertz CT molecular complexity index is 1540. The average molecular weight is 458 g/mol. The molecule has 34 heavy (non-hydrogen) atoms. The van der Waals surface area contributed by atoms with Crippen LogP contribution in [0.2, 0.25) is 0 Å². The van der Waals surface area contributed by atoms with Crippen molar-refractivity contribution < 1.29 is 9.13 Å². The molecule has 0 amide bonds. The third kappa shape index (κ3) is 4.15. The lowest BCUT2D eigenvalue weighted by atomic mass is 10.1. The third-order valence-corrected chi connectivity index (χ3v) is 5.71. The van der Waals surface area contributed by atoms with Crippen molar-refractivity contribution in [2.24, 2.45) is 5.73 Å². The van der Waals surface area contributed by atoms with Crippen LogP contribution in [0.4, 0.5) is 4.39 Å². The number of nitrogens with one attached hydrogen (secondary N) is 1. The number of aromatic amines is 1. The zero-order valence-electron chi connectivity index (χ0n) is 18.7. The first-order valence-corrected chi connectivity index (χ1v) is 11.1. The van der Waals surface area contributed by atoms with Crippen molar-refractivity contribution >= 4 is 21.9 Å². The lowest BCUT2D eigenvalue weighted by Gasteiger charge is -2.12. The first kappa shape index (κ1) is 21.8. The number of halogens is 1. The fourth-order valence-electron chi connectivity index (χ4n) is 3.96. The van der Waals surface area contributed by atoms with Gasteiger partial charge in [-0.1, -0.05) is 25.1 Å². The van der Waals surface area contributed by atoms with Gasteiger partial charge in [-0.25, -0.2) is 14.4 Å². The molecule has 0 aliphatic heterocycles. The molecule has 0 fully saturated rings. The molecule has 3 N–H and O–H groups in total. The van der Waals surface area contributed by atoms with Crippen LogP contribution in [0.3, 0.4) is 0 Å². The molecule has 0 radical (unpaired) electrons. The van der Waals surface area contributed by atoms with Crippen LogP contribution in [0, 0.1) is 5.82 Å². The van der Waals surface area contributed by atoms with Gasteiger partial charge >= 0.3 is 0 Å². The SMILES string of the molecule is CCCOc1ccc(CN)cc1-c1nc2cc3ncn(Cc4ccc(F)cc4)c3cc2c(=O)[nH]1. The number of fused-ring (bicyclic) bond motifs is 2. The summed E-state index contributed by atoms with van der Waals surface area (Å²) in [6.07, 6.45) is 2.57. The summed E-state index contributed by atoms with van der Waals surface area (Å²) in [7, 11) is 0. The molecule has 3 aromatic carbocycles. The Kier molecular flexibility index (Phi) is 5.81. The lowest BCUT2D eigenvalue weighted by Crippen LogP contribution is -2.11. The van der Waals surface area contributed by atoms with E-state index >= 15 is 0 Å². The monoisotopic (exact) mass is 457 g/mol. The van der Waals surface area contributed by atoms with Crippen LogP contribution >= 0.6 is 0 Å². The van der Waals surface area contributed by atoms with Crippen molar-refractivity contribution in [1.82, 2.24) is 19.5 Å². The highest BCUT2D eigenvalue weighted by Crippen LogP contribution is 2.30. The van der Waals surface area contributed by atoms with Gasteiger partial charge in [0.25, 0.3) is 5.56 Å². The van der Waals surface area contributed by atoms with E-state index in [2.05, 4.69) is 9.97 Å². The van der Waals surface area contributed by atoms with Crippen molar-refractivity contribution in [3.8, 4) is 17.1 Å². The van der Waals surface area contributed by atoms with Gasteiger partial charge in [0.2, 0.25) is 0 Å². The molecule has 0 spiro atoms. The highest BCUT2D eigenvalue weighted by atomic mass is 19.1. The minimum Gasteiger partial charge on any atom is -0.493 e. The zero-order chi connectivity index (χ0) is 23.7. The van der Waals surface area contributed by atoms with Crippen molar-refractivity contribution in [2.75, 3.05) is 6.61 Å². The smallest absolute Gasteiger partial charge is 0.259 e. The van der Waals surface area contributed by atoms with Crippen LogP contribution < -0.4 is 16.0 Å². The Labute approximate surface area is 195 Å². The highest BCUT2D eigenvalue weighted by molar-refractivity contribution is 5.93. The summed E-state index contributed by atoms with van der Waals surface area (Å²) < 4.78 is 21.1. The molecule has 0 saturated carbocycles. The third-order valence-electron chi connectivity index (χ3n) is 5.71. The first-order valence-electron chi connectivity index (χ1n) is 11.1. The second-order valence-electron chi connectivity index (χ2n) is 8.15. The number of nitrogens with zero attached hydrogens (tertiary/aromatic N) is 3. The van der Waals surface area contributed by atoms with Gasteiger partial charge in [0.1, 0.15) is 17.4 Å². The van der Waals surface area contributed by atoms with Gasteiger partial charge in [-0.2, -0.15) is 0 Å². The van der Waals surface area contributed by atoms with Gasteiger partial charge in [0.15, 0.2) is 0 Å². The zero-order valence-corrected chi connectivity index (χ0v) is 18.7. The molecule has 2 heterocycles. The van der Waals surface area contributed by atoms with E-state index in [9.17, 15) is 9.18 Å². The summed E-state index contributed by atoms with van der Waals surface area (Å²) in [6, 6.07) is 15.6. The van der Waals surface area contributed by atoms with E-state index in [1.807, 2.05) is 35.8 Å². The van der Waals surface area contributed by atoms with Crippen molar-refractivity contribution in [2.45, 2.75) is 26.4 Å². The second-order valence-corrected chi connectivity index (χ2v) is 8.15. The number of rotatable bonds is 7. The van der Waals surface area contributed by atoms with Crippen LogP contribution in [-0.4, -0.2) is 26.1 Å². The van der Waals surface area contributed by atoms with Crippen LogP contribution in [0.5, 0.6) is 5.75 Å². The van der Waals surface area contributed by atoms with E-state index in [1.54, 1.807) is 24.5 Å². The molecule has 0 atom stereocenters. The second kappa shape index (κ2) is 9.07. The number of hydrogen-bond acceptors (Lipinski definition) is 5. The molecular weight excluding hydrogens is 433 g/mol. The van der Waals surface area contributed by atoms with Crippen LogP contribution in [0.1, 0.15) is 24.5 Å². The maximum atomic E-state index is 13.2. The van der Waals surface area contributed by atoms with Gasteiger partial charge in [-0.15, -0.1) is 0 Å². The molecule has 0 aliphatic rings. The quantitative estimate of drug-likeness (QED) is 0.378. The number of hydrogen-bond donors (Lipinski definition) is 2. The summed E-state index contributed by atoms with van der Waals surface area (Å²) in [4.78, 5) is 25.2. The van der Waals surface area contributed by atoms with E-state index in [1.165, 1.54) is 12.1 Å². The topological polar surface area (TPSA) is 98.8 Å². The minimum absolute atomic E-state index is 0.254. The summed E-state index contributed by atoms with van der Waals surface area (Å²) in [6.45, 7) is 3.46. The first-order chi connectivity index (χ1) is 16.6. The predicted octanol–water partition coefficient (Wildman–Crippen LogP) is 4.37. The summed E-state index contributed by atoms with van der Waals surface area (Å²) in [5.74, 6) is 0.786. The van der Waals surface area contributed by atoms with E-state index < -0.39 is 0 Å². The van der Waals surface area contributed by atoms with Gasteiger partial charge in [-0.05, 0) is 53.9 Å². The van der Waals surface area contributed by atoms with Gasteiger partial charge in [-0.3, -0.25) is 4.79 Å². The summed E-state index contributed by atoms with van der Waals surface area (Å²) in [5, 5.41) is 0.461. The molecular formula is C26H24FN5O2. The van der Waals surface area contributed by atoms with E-state index in [0.717, 1.165) is 28.6 Å². The number of aromatic nitrogens is 4. The number of H-pyrrole nitrogens is 1. The maximum absolute atomic E-state index is 13.2. The van der Waals surface area contributed by atoms with Gasteiger partial charge < -0.3 is 20.0 Å². The molecule has 8 heteroatoms. The van der Waals surface area contributed by atoms with Gasteiger partial charge in [0.05, 0.1) is 40.4 Å². The van der Waals surface area contributed by atoms with Crippen LogP contribution in [0.25, 0.3) is 33.3 Å². The van der Waals surface area contributed by atoms with E-state index in [0.29, 0.717) is 47.7 Å². The number of nitrogens with two attached hydrogens (primary N) is 1. The molecule has 7 nitrogen and oxygen atoms in total. The normalized spacial score (nSPS) is 11.4. The van der Waals surface area contributed by atoms with Crippen molar-refractivity contribution in [3.63, 3.8) is 0 Å². The molecule has 0 aliphatic carbocycles. The minimum atomic E-state index is -0.279. The Balaban J connectivity index is 1.59. The number of benzene rings is 3. The summed E-state index contributed by atoms with van der Waals surface area (Å²) >= 11 is 0. The van der Waals surface area contributed by atoms with Crippen LogP contribution in [0.15, 0.2) is 65.7 Å². The maximum Gasteiger partial charge on any atom is 0.259 e. The number of ether oxygens (including phenoxy) is 1. The fourth-order valence-corrected chi connectivity index (χ4v) is 3.96. The molecule has 0 unspecified atom stereocenters. The molecule has 172 valence electrons. The Morgan fingerprint density at radius 1 is 1.06 bits per heavy atom. The molecule has 2 aromatic heterocycles. The van der Waals surface area contributed by atoms with E-state index in [-0.39, 0.29) is 11.4 Å². The molecule has 0 saturated heterocycles. The predicted molar refractivity (Wildman–Crippen MR) is 130 cm³/mol. The Hall–Kier alpha value is -4.04. The standard InChI is InChI=1S/C26H24FN5O2/c1-2-9-34-24-8-5-17(13-28)10-20(24)25-30-21-12-22-23(11-19(21)26(33)31-25)32(15-29-22)14-16-3-6-18(27)7-4-16/h3-8,10-12,15H,2,9,13-14,28H2,1H3,(H,30,31,33). The van der Waals surface area contributed by atoms with Crippen molar-refractivity contribution in [3.05, 3.63) is 88.2 Å². The molecule has 0 bridgehead atoms. The largest absolute Gasteiger partial charge is 0.493 e. The molecule has 5 aromatic rings. The lowest BCUT2D eigenvalue weighted by molar-refractivity contribution is 0.318. The van der Waals surface area contributed by atoms with Crippen LogP contribution in [-0.2, 0) is 13.1 Å². The Morgan fingerprint density at radius 2 is 1.85 bits per heavy atom. The highest BCUT2D eigenvalue weighted by Gasteiger charge is 2.14. The number of imidazole rings is 1. The average Bonchev–Trinajstić information content (AvgIpc) is 3.24. The van der Waals surface area contributed by atoms with Gasteiger partial charge in [0, 0.05) is 13.1 Å².